The molecule has 0 radical (unpaired) electrons. The van der Waals surface area contributed by atoms with E-state index in [9.17, 15) is 14.4 Å². The highest BCUT2D eigenvalue weighted by Crippen LogP contribution is 2.36. The van der Waals surface area contributed by atoms with Crippen LogP contribution in [0.3, 0.4) is 0 Å². The first kappa shape index (κ1) is 22.3. The predicted molar refractivity (Wildman–Crippen MR) is 98.8 cm³/mol. The maximum Gasteiger partial charge on any atom is 0.340 e. The fourth-order valence-electron chi connectivity index (χ4n) is 2.06. The highest BCUT2D eigenvalue weighted by molar-refractivity contribution is 6.32. The van der Waals surface area contributed by atoms with Gasteiger partial charge in [0.1, 0.15) is 0 Å². The van der Waals surface area contributed by atoms with E-state index in [1.807, 2.05) is 0 Å². The molecular formula is C18H22ClNO7. The molecule has 1 N–H and O–H groups in total. The minimum Gasteiger partial charge on any atom is -0.493 e. The molecule has 0 aromatic heterocycles. The Kier molecular flexibility index (Phi) is 9.15. The van der Waals surface area contributed by atoms with Gasteiger partial charge in [0.2, 0.25) is 11.9 Å². The zero-order valence-corrected chi connectivity index (χ0v) is 16.3. The molecule has 1 aromatic carbocycles. The van der Waals surface area contributed by atoms with Crippen LogP contribution in [0.15, 0.2) is 18.2 Å². The summed E-state index contributed by atoms with van der Waals surface area (Å²) in [6.45, 7) is 3.29. The molecule has 0 saturated heterocycles. The number of methoxy groups -OCH3 is 2. The van der Waals surface area contributed by atoms with Crippen molar-refractivity contribution in [3.63, 3.8) is 0 Å². The van der Waals surface area contributed by atoms with Crippen molar-refractivity contribution in [2.75, 3.05) is 27.4 Å². The summed E-state index contributed by atoms with van der Waals surface area (Å²) in [7, 11) is 2.91. The Balaban J connectivity index is 2.94. The minimum absolute atomic E-state index is 0.0601. The van der Waals surface area contributed by atoms with Crippen molar-refractivity contribution >= 4 is 35.5 Å². The summed E-state index contributed by atoms with van der Waals surface area (Å²) in [5, 5.41) is 2.56. The second-order valence-electron chi connectivity index (χ2n) is 5.02. The molecule has 0 atom stereocenters. The van der Waals surface area contributed by atoms with Gasteiger partial charge in [-0.1, -0.05) is 11.6 Å². The molecule has 0 unspecified atom stereocenters. The molecule has 0 aliphatic carbocycles. The number of esters is 2. The number of carbonyl (C=O) groups excluding carboxylic acids is 3. The van der Waals surface area contributed by atoms with Gasteiger partial charge in [0.25, 0.3) is 0 Å². The Labute approximate surface area is 162 Å². The van der Waals surface area contributed by atoms with Crippen molar-refractivity contribution < 1.29 is 33.3 Å². The number of ether oxygens (including phenoxy) is 4. The summed E-state index contributed by atoms with van der Waals surface area (Å²) in [6, 6.07) is 1.64. The first-order valence-corrected chi connectivity index (χ1v) is 8.49. The van der Waals surface area contributed by atoms with E-state index < -0.39 is 23.9 Å². The van der Waals surface area contributed by atoms with Crippen molar-refractivity contribution in [1.82, 2.24) is 5.32 Å². The van der Waals surface area contributed by atoms with Gasteiger partial charge in [-0.2, -0.15) is 0 Å². The number of nitrogens with one attached hydrogen (secondary N) is 1. The SMILES string of the molecule is CCOC(=O)C(NC(=O)C=Cc1cc(Cl)c(OC)c(OC)c1)C(=O)OCC. The van der Waals surface area contributed by atoms with Crippen LogP contribution in [0.25, 0.3) is 6.08 Å². The van der Waals surface area contributed by atoms with Crippen LogP contribution in [0, 0.1) is 0 Å². The maximum atomic E-state index is 12.1. The first-order valence-electron chi connectivity index (χ1n) is 8.11. The second kappa shape index (κ2) is 11.1. The zero-order chi connectivity index (χ0) is 20.4. The van der Waals surface area contributed by atoms with Gasteiger partial charge in [-0.3, -0.25) is 4.79 Å². The summed E-state index contributed by atoms with van der Waals surface area (Å²) in [6.07, 6.45) is 2.58. The van der Waals surface area contributed by atoms with E-state index in [1.165, 1.54) is 20.3 Å². The lowest BCUT2D eigenvalue weighted by molar-refractivity contribution is -0.159. The largest absolute Gasteiger partial charge is 0.493 e. The van der Waals surface area contributed by atoms with Gasteiger partial charge in [0, 0.05) is 6.08 Å². The van der Waals surface area contributed by atoms with E-state index in [1.54, 1.807) is 26.0 Å². The Hall–Kier alpha value is -2.74. The molecule has 27 heavy (non-hydrogen) atoms. The molecule has 0 aliphatic heterocycles. The van der Waals surface area contributed by atoms with Crippen LogP contribution in [0.4, 0.5) is 0 Å². The molecule has 1 amide bonds. The highest BCUT2D eigenvalue weighted by Gasteiger charge is 2.30. The highest BCUT2D eigenvalue weighted by atomic mass is 35.5. The Morgan fingerprint density at radius 1 is 1.07 bits per heavy atom. The van der Waals surface area contributed by atoms with Gasteiger partial charge in [-0.25, -0.2) is 9.59 Å². The van der Waals surface area contributed by atoms with Crippen molar-refractivity contribution in [2.45, 2.75) is 19.9 Å². The summed E-state index contributed by atoms with van der Waals surface area (Å²) in [4.78, 5) is 35.8. The van der Waals surface area contributed by atoms with Gasteiger partial charge < -0.3 is 24.3 Å². The number of carbonyl (C=O) groups is 3. The molecule has 0 bridgehead atoms. The average molecular weight is 400 g/mol. The van der Waals surface area contributed by atoms with E-state index in [0.717, 1.165) is 6.08 Å². The van der Waals surface area contributed by atoms with E-state index in [4.69, 9.17) is 30.5 Å². The molecule has 1 rings (SSSR count). The Bertz CT molecular complexity index is 700. The van der Waals surface area contributed by atoms with Crippen LogP contribution in [-0.4, -0.2) is 51.3 Å². The van der Waals surface area contributed by atoms with Crippen molar-refractivity contribution in [2.24, 2.45) is 0 Å². The normalized spacial score (nSPS) is 10.6. The topological polar surface area (TPSA) is 100 Å². The minimum atomic E-state index is -1.55. The lowest BCUT2D eigenvalue weighted by Gasteiger charge is -2.14. The predicted octanol–water partition coefficient (Wildman–Crippen LogP) is 1.98. The van der Waals surface area contributed by atoms with E-state index in [2.05, 4.69) is 5.32 Å². The van der Waals surface area contributed by atoms with E-state index in [0.29, 0.717) is 22.1 Å². The van der Waals surface area contributed by atoms with Crippen LogP contribution in [-0.2, 0) is 23.9 Å². The van der Waals surface area contributed by atoms with Crippen LogP contribution < -0.4 is 14.8 Å². The number of halogens is 1. The van der Waals surface area contributed by atoms with Crippen molar-refractivity contribution in [3.05, 3.63) is 28.8 Å². The fourth-order valence-corrected chi connectivity index (χ4v) is 2.36. The molecular weight excluding hydrogens is 378 g/mol. The number of rotatable bonds is 9. The molecule has 8 nitrogen and oxygen atoms in total. The summed E-state index contributed by atoms with van der Waals surface area (Å²) < 4.78 is 19.9. The zero-order valence-electron chi connectivity index (χ0n) is 15.5. The summed E-state index contributed by atoms with van der Waals surface area (Å²) >= 11 is 6.10. The van der Waals surface area contributed by atoms with Gasteiger partial charge in [-0.05, 0) is 37.6 Å². The molecule has 1 aromatic rings. The molecule has 0 fully saturated rings. The third-order valence-electron chi connectivity index (χ3n) is 3.21. The quantitative estimate of drug-likeness (QED) is 0.385. The van der Waals surface area contributed by atoms with Gasteiger partial charge in [-0.15, -0.1) is 0 Å². The smallest absolute Gasteiger partial charge is 0.340 e. The van der Waals surface area contributed by atoms with Crippen molar-refractivity contribution in [1.29, 1.82) is 0 Å². The second-order valence-corrected chi connectivity index (χ2v) is 5.42. The van der Waals surface area contributed by atoms with Gasteiger partial charge in [0.05, 0.1) is 32.5 Å². The number of hydrogen-bond acceptors (Lipinski definition) is 7. The number of benzene rings is 1. The maximum absolute atomic E-state index is 12.1. The molecule has 0 aliphatic rings. The first-order chi connectivity index (χ1) is 12.9. The third-order valence-corrected chi connectivity index (χ3v) is 3.49. The monoisotopic (exact) mass is 399 g/mol. The molecule has 0 saturated carbocycles. The third kappa shape index (κ3) is 6.49. The fraction of sp³-hybridized carbons (Fsp3) is 0.389. The van der Waals surface area contributed by atoms with Crippen LogP contribution >= 0.6 is 11.6 Å². The average Bonchev–Trinajstić information content (AvgIpc) is 2.64. The molecule has 0 spiro atoms. The standard InChI is InChI=1S/C18H22ClNO7/c1-5-26-17(22)15(18(23)27-6-2)20-14(21)8-7-11-9-12(19)16(25-4)13(10-11)24-3/h7-10,15H,5-6H2,1-4H3,(H,20,21). The van der Waals surface area contributed by atoms with Crippen molar-refractivity contribution in [3.8, 4) is 11.5 Å². The lowest BCUT2D eigenvalue weighted by atomic mass is 10.2. The lowest BCUT2D eigenvalue weighted by Crippen LogP contribution is -2.47. The Morgan fingerprint density at radius 3 is 2.15 bits per heavy atom. The van der Waals surface area contributed by atoms with Crippen LogP contribution in [0.1, 0.15) is 19.4 Å². The van der Waals surface area contributed by atoms with Crippen LogP contribution in [0.2, 0.25) is 5.02 Å². The molecule has 9 heteroatoms. The number of amides is 1. The molecule has 0 heterocycles. The van der Waals surface area contributed by atoms with E-state index >= 15 is 0 Å². The Morgan fingerprint density at radius 2 is 1.67 bits per heavy atom. The molecule has 148 valence electrons. The number of hydrogen-bond donors (Lipinski definition) is 1. The van der Waals surface area contributed by atoms with Crippen LogP contribution in [0.5, 0.6) is 11.5 Å². The summed E-state index contributed by atoms with van der Waals surface area (Å²) in [5.41, 5.74) is 0.552. The van der Waals surface area contributed by atoms with E-state index in [-0.39, 0.29) is 13.2 Å². The van der Waals surface area contributed by atoms with Gasteiger partial charge >= 0.3 is 11.9 Å². The van der Waals surface area contributed by atoms with Gasteiger partial charge in [0.15, 0.2) is 11.5 Å². The summed E-state index contributed by atoms with van der Waals surface area (Å²) in [5.74, 6) is -1.72.